The number of esters is 2. The summed E-state index contributed by atoms with van der Waals surface area (Å²) in [6, 6.07) is 0. The molecule has 2 bridgehead atoms. The van der Waals surface area contributed by atoms with Gasteiger partial charge >= 0.3 is 11.9 Å². The first kappa shape index (κ1) is 18.3. The molecule has 0 aromatic rings. The quantitative estimate of drug-likeness (QED) is 0.688. The van der Waals surface area contributed by atoms with Crippen LogP contribution in [-0.2, 0) is 19.1 Å². The number of fused-ring (bicyclic) bond motifs is 2. The number of rotatable bonds is 6. The summed E-state index contributed by atoms with van der Waals surface area (Å²) in [4.78, 5) is 25.0. The summed E-state index contributed by atoms with van der Waals surface area (Å²) in [5.74, 6) is 0.712. The van der Waals surface area contributed by atoms with Crippen molar-refractivity contribution in [2.75, 3.05) is 0 Å². The second-order valence-corrected chi connectivity index (χ2v) is 8.35. The molecule has 4 heteroatoms. The second-order valence-electron chi connectivity index (χ2n) is 8.35. The molecule has 132 valence electrons. The third-order valence-electron chi connectivity index (χ3n) is 6.06. The third-order valence-corrected chi connectivity index (χ3v) is 6.06. The Morgan fingerprint density at radius 2 is 2.00 bits per heavy atom. The predicted molar refractivity (Wildman–Crippen MR) is 88.4 cm³/mol. The summed E-state index contributed by atoms with van der Waals surface area (Å²) in [5.41, 5.74) is -0.531. The number of hydrogen-bond acceptors (Lipinski definition) is 4. The maximum Gasteiger partial charge on any atom is 0.315 e. The Morgan fingerprint density at radius 1 is 1.35 bits per heavy atom. The minimum atomic E-state index is -0.688. The molecule has 0 radical (unpaired) electrons. The van der Waals surface area contributed by atoms with Crippen LogP contribution >= 0.6 is 0 Å². The highest BCUT2D eigenvalue weighted by Crippen LogP contribution is 2.45. The van der Waals surface area contributed by atoms with E-state index in [4.69, 9.17) is 9.47 Å². The molecule has 6 unspecified atom stereocenters. The van der Waals surface area contributed by atoms with Crippen molar-refractivity contribution in [1.82, 2.24) is 0 Å². The third kappa shape index (κ3) is 3.56. The van der Waals surface area contributed by atoms with Gasteiger partial charge in [-0.25, -0.2) is 0 Å². The minimum absolute atomic E-state index is 0.00781. The summed E-state index contributed by atoms with van der Waals surface area (Å²) < 4.78 is 11.2. The van der Waals surface area contributed by atoms with Crippen LogP contribution in [0.1, 0.15) is 67.2 Å². The van der Waals surface area contributed by atoms with E-state index in [1.807, 2.05) is 6.92 Å². The summed E-state index contributed by atoms with van der Waals surface area (Å²) in [5, 5.41) is 0. The van der Waals surface area contributed by atoms with Crippen LogP contribution in [0, 0.1) is 35.0 Å². The van der Waals surface area contributed by atoms with Crippen molar-refractivity contribution < 1.29 is 19.1 Å². The predicted octanol–water partition coefficient (Wildman–Crippen LogP) is 4.17. The molecule has 6 atom stereocenters. The average molecular weight is 324 g/mol. The molecule has 4 nitrogen and oxygen atoms in total. The molecule has 0 aromatic heterocycles. The standard InChI is InChI=1S/C19H32O4/c1-7-13(5)19(6,10-11(2)3)18(21)23-17-14-8-12(4)15(9-14)16(20)22-17/h11-15,17H,7-10H2,1-6H3. The lowest BCUT2D eigenvalue weighted by atomic mass is 9.71. The number of hydrogen-bond donors (Lipinski definition) is 0. The van der Waals surface area contributed by atoms with Gasteiger partial charge in [-0.05, 0) is 43.9 Å². The van der Waals surface area contributed by atoms with Gasteiger partial charge in [0.25, 0.3) is 0 Å². The maximum atomic E-state index is 12.9. The van der Waals surface area contributed by atoms with E-state index < -0.39 is 11.7 Å². The molecule has 1 saturated heterocycles. The first-order chi connectivity index (χ1) is 10.7. The van der Waals surface area contributed by atoms with E-state index in [9.17, 15) is 9.59 Å². The van der Waals surface area contributed by atoms with Gasteiger partial charge < -0.3 is 9.47 Å². The van der Waals surface area contributed by atoms with Crippen molar-refractivity contribution in [3.05, 3.63) is 0 Å². The molecule has 0 aromatic carbocycles. The van der Waals surface area contributed by atoms with Crippen LogP contribution in [-0.4, -0.2) is 18.2 Å². The van der Waals surface area contributed by atoms with Gasteiger partial charge in [0.1, 0.15) is 0 Å². The van der Waals surface area contributed by atoms with Gasteiger partial charge in [0.2, 0.25) is 6.29 Å². The van der Waals surface area contributed by atoms with Crippen molar-refractivity contribution in [2.45, 2.75) is 73.5 Å². The van der Waals surface area contributed by atoms with E-state index in [1.54, 1.807) is 0 Å². The largest absolute Gasteiger partial charge is 0.425 e. The molecule has 1 heterocycles. The van der Waals surface area contributed by atoms with Gasteiger partial charge in [0, 0.05) is 5.92 Å². The first-order valence-electron chi connectivity index (χ1n) is 9.10. The highest BCUT2D eigenvalue weighted by atomic mass is 16.7. The normalized spacial score (nSPS) is 34.0. The Bertz CT molecular complexity index is 458. The smallest absolute Gasteiger partial charge is 0.315 e. The van der Waals surface area contributed by atoms with Gasteiger partial charge in [-0.3, -0.25) is 9.59 Å². The van der Waals surface area contributed by atoms with Crippen molar-refractivity contribution in [3.63, 3.8) is 0 Å². The Kier molecular flexibility index (Phi) is 5.42. The first-order valence-corrected chi connectivity index (χ1v) is 9.10. The number of carbonyl (C=O) groups excluding carboxylic acids is 2. The summed E-state index contributed by atoms with van der Waals surface area (Å²) in [7, 11) is 0. The zero-order valence-corrected chi connectivity index (χ0v) is 15.4. The second kappa shape index (κ2) is 6.82. The topological polar surface area (TPSA) is 52.6 Å². The fourth-order valence-electron chi connectivity index (χ4n) is 4.29. The maximum absolute atomic E-state index is 12.9. The lowest BCUT2D eigenvalue weighted by molar-refractivity contribution is -0.215. The van der Waals surface area contributed by atoms with Crippen LogP contribution in [0.4, 0.5) is 0 Å². The van der Waals surface area contributed by atoms with Gasteiger partial charge in [-0.2, -0.15) is 0 Å². The Hall–Kier alpha value is -1.06. The Labute approximate surface area is 140 Å². The molecular weight excluding hydrogens is 292 g/mol. The van der Waals surface area contributed by atoms with Crippen LogP contribution in [0.5, 0.6) is 0 Å². The van der Waals surface area contributed by atoms with Crippen LogP contribution < -0.4 is 0 Å². The molecule has 1 aliphatic carbocycles. The number of cyclic esters (lactones) is 1. The van der Waals surface area contributed by atoms with E-state index >= 15 is 0 Å². The lowest BCUT2D eigenvalue weighted by Gasteiger charge is -2.37. The molecule has 23 heavy (non-hydrogen) atoms. The van der Waals surface area contributed by atoms with Crippen molar-refractivity contribution >= 4 is 11.9 Å². The van der Waals surface area contributed by atoms with Crippen LogP contribution in [0.2, 0.25) is 0 Å². The van der Waals surface area contributed by atoms with Crippen molar-refractivity contribution in [2.24, 2.45) is 35.0 Å². The van der Waals surface area contributed by atoms with E-state index in [0.717, 1.165) is 25.7 Å². The van der Waals surface area contributed by atoms with Crippen LogP contribution in [0.25, 0.3) is 0 Å². The fraction of sp³-hybridized carbons (Fsp3) is 0.895. The van der Waals surface area contributed by atoms with Gasteiger partial charge in [0.15, 0.2) is 0 Å². The van der Waals surface area contributed by atoms with E-state index in [0.29, 0.717) is 11.8 Å². The molecule has 0 spiro atoms. The monoisotopic (exact) mass is 324 g/mol. The van der Waals surface area contributed by atoms with E-state index in [2.05, 4.69) is 34.6 Å². The molecule has 1 saturated carbocycles. The molecule has 2 rings (SSSR count). The minimum Gasteiger partial charge on any atom is -0.425 e. The molecule has 1 aliphatic heterocycles. The summed E-state index contributed by atoms with van der Waals surface area (Å²) in [6.45, 7) is 12.5. The molecule has 2 aliphatic rings. The van der Waals surface area contributed by atoms with Crippen molar-refractivity contribution in [1.29, 1.82) is 0 Å². The zero-order valence-electron chi connectivity index (χ0n) is 15.4. The summed E-state index contributed by atoms with van der Waals surface area (Å²) >= 11 is 0. The Morgan fingerprint density at radius 3 is 2.57 bits per heavy atom. The molecule has 0 N–H and O–H groups in total. The van der Waals surface area contributed by atoms with Crippen molar-refractivity contribution in [3.8, 4) is 0 Å². The van der Waals surface area contributed by atoms with Gasteiger partial charge in [0.05, 0.1) is 11.3 Å². The van der Waals surface area contributed by atoms with Gasteiger partial charge in [-0.1, -0.05) is 41.0 Å². The fourth-order valence-corrected chi connectivity index (χ4v) is 4.29. The number of ether oxygens (including phenoxy) is 2. The van der Waals surface area contributed by atoms with E-state index in [-0.39, 0.29) is 29.7 Å². The highest BCUT2D eigenvalue weighted by Gasteiger charge is 2.50. The Balaban J connectivity index is 2.11. The summed E-state index contributed by atoms with van der Waals surface area (Å²) in [6.07, 6.45) is 2.71. The lowest BCUT2D eigenvalue weighted by Crippen LogP contribution is -2.43. The SMILES string of the molecule is CCC(C)C(C)(CC(C)C)C(=O)OC1OC(=O)C2CC1CC2C. The molecular formula is C19H32O4. The van der Waals surface area contributed by atoms with Crippen LogP contribution in [0.3, 0.4) is 0 Å². The van der Waals surface area contributed by atoms with E-state index in [1.165, 1.54) is 0 Å². The van der Waals surface area contributed by atoms with Gasteiger partial charge in [-0.15, -0.1) is 0 Å². The molecule has 2 fully saturated rings. The zero-order chi connectivity index (χ0) is 17.4. The average Bonchev–Trinajstić information content (AvgIpc) is 2.81. The highest BCUT2D eigenvalue weighted by molar-refractivity contribution is 5.78. The number of carbonyl (C=O) groups is 2. The van der Waals surface area contributed by atoms with Crippen LogP contribution in [0.15, 0.2) is 0 Å². The molecule has 0 amide bonds.